The number of unbranched alkanes of at least 4 members (excludes halogenated alkanes) is 17. The average molecular weight is 873 g/mol. The summed E-state index contributed by atoms with van der Waals surface area (Å²) in [6, 6.07) is 0. The van der Waals surface area contributed by atoms with Gasteiger partial charge in [0.25, 0.3) is 0 Å². The van der Waals surface area contributed by atoms with E-state index in [4.69, 9.17) is 19.1 Å². The van der Waals surface area contributed by atoms with E-state index in [9.17, 15) is 34.4 Å². The second kappa shape index (κ2) is 40.9. The molecule has 0 bridgehead atoms. The van der Waals surface area contributed by atoms with Gasteiger partial charge < -0.3 is 34.8 Å². The summed E-state index contributed by atoms with van der Waals surface area (Å²) in [5.74, 6) is -0.344. The lowest BCUT2D eigenvalue weighted by Crippen LogP contribution is -2.30. The minimum absolute atomic E-state index is 0.0758. The van der Waals surface area contributed by atoms with Gasteiger partial charge in [-0.05, 0) is 44.4 Å². The van der Waals surface area contributed by atoms with Crippen molar-refractivity contribution in [1.29, 1.82) is 0 Å². The van der Waals surface area contributed by atoms with Gasteiger partial charge in [0.05, 0.1) is 32.0 Å². The third-order valence-electron chi connectivity index (χ3n) is 9.85. The average Bonchev–Trinajstić information content (AvgIpc) is 3.21. The van der Waals surface area contributed by atoms with E-state index in [0.717, 1.165) is 38.0 Å². The number of phosphoric ester groups is 1. The predicted molar refractivity (Wildman–Crippen MR) is 240 cm³/mol. The molecule has 13 heteroatoms. The maximum atomic E-state index is 12.6. The van der Waals surface area contributed by atoms with Crippen molar-refractivity contribution in [2.24, 2.45) is 5.92 Å². The van der Waals surface area contributed by atoms with E-state index in [0.29, 0.717) is 12.8 Å². The Morgan fingerprint density at radius 3 is 1.70 bits per heavy atom. The molecule has 0 aromatic rings. The van der Waals surface area contributed by atoms with Gasteiger partial charge in [0.15, 0.2) is 6.10 Å². The fourth-order valence-corrected chi connectivity index (χ4v) is 6.99. The van der Waals surface area contributed by atoms with Crippen molar-refractivity contribution in [1.82, 2.24) is 0 Å². The lowest BCUT2D eigenvalue weighted by molar-refractivity contribution is -0.161. The van der Waals surface area contributed by atoms with Crippen molar-refractivity contribution < 1.29 is 58.0 Å². The summed E-state index contributed by atoms with van der Waals surface area (Å²) >= 11 is 0. The fraction of sp³-hybridized carbons (Fsp3) is 0.787. The molecule has 0 spiro atoms. The van der Waals surface area contributed by atoms with Crippen molar-refractivity contribution in [2.75, 3.05) is 26.4 Å². The zero-order chi connectivity index (χ0) is 44.5. The topological polar surface area (TPSA) is 189 Å². The van der Waals surface area contributed by atoms with E-state index in [-0.39, 0.29) is 25.7 Å². The van der Waals surface area contributed by atoms with E-state index < -0.39 is 70.6 Å². The molecule has 0 fully saturated rings. The largest absolute Gasteiger partial charge is 0.472 e. The summed E-state index contributed by atoms with van der Waals surface area (Å²) in [7, 11) is -4.69. The maximum absolute atomic E-state index is 12.6. The molecule has 0 aliphatic heterocycles. The van der Waals surface area contributed by atoms with Gasteiger partial charge >= 0.3 is 19.8 Å². The van der Waals surface area contributed by atoms with Crippen molar-refractivity contribution >= 4 is 19.8 Å². The summed E-state index contributed by atoms with van der Waals surface area (Å²) in [6.45, 7) is 4.38. The summed E-state index contributed by atoms with van der Waals surface area (Å²) in [5.41, 5.74) is 0. The van der Waals surface area contributed by atoms with Gasteiger partial charge in [-0.25, -0.2) is 4.57 Å². The number of phosphoric acid groups is 1. The number of hydrogen-bond acceptors (Lipinski definition) is 11. The summed E-state index contributed by atoms with van der Waals surface area (Å²) in [4.78, 5) is 35.1. The molecule has 0 aliphatic carbocycles. The van der Waals surface area contributed by atoms with Crippen molar-refractivity contribution in [3.63, 3.8) is 0 Å². The Morgan fingerprint density at radius 1 is 0.600 bits per heavy atom. The van der Waals surface area contributed by atoms with E-state index in [2.05, 4.69) is 31.4 Å². The zero-order valence-electron chi connectivity index (χ0n) is 37.6. The number of esters is 2. The minimum Gasteiger partial charge on any atom is -0.462 e. The summed E-state index contributed by atoms with van der Waals surface area (Å²) in [5, 5.41) is 38.7. The highest BCUT2D eigenvalue weighted by molar-refractivity contribution is 7.47. The van der Waals surface area contributed by atoms with Gasteiger partial charge in [0.2, 0.25) is 0 Å². The Labute approximate surface area is 363 Å². The first-order chi connectivity index (χ1) is 28.9. The second-order valence-electron chi connectivity index (χ2n) is 16.3. The summed E-state index contributed by atoms with van der Waals surface area (Å²) in [6.07, 6.45) is 35.6. The maximum Gasteiger partial charge on any atom is 0.472 e. The molecule has 5 N–H and O–H groups in total. The highest BCUT2D eigenvalue weighted by Gasteiger charge is 2.27. The standard InChI is InChI=1S/C47H85O12P/c1-4-5-6-7-20-25-31-42(49)32-26-22-23-27-33-43(50)34-29-36-47(53)59-45(40-58-60(54,55)57-38-44(51)37-48)39-56-46(52)35-28-21-18-16-14-12-10-8-9-11-13-15-17-19-24-30-41(2)3/h20,22-23,25-27,32-33,41-45,48-51H,4-19,21,24,28-31,34-40H2,1-3H3,(H,54,55)/b23-22+,25-20-,32-26+,33-27-/t42-,43-,44-,45+/m0/s1. The lowest BCUT2D eigenvalue weighted by Gasteiger charge is -2.20. The van der Waals surface area contributed by atoms with Crippen LogP contribution < -0.4 is 0 Å². The first kappa shape index (κ1) is 57.9. The predicted octanol–water partition coefficient (Wildman–Crippen LogP) is 10.3. The minimum atomic E-state index is -4.69. The number of aliphatic hydroxyl groups excluding tert-OH is 4. The van der Waals surface area contributed by atoms with Gasteiger partial charge in [-0.1, -0.05) is 179 Å². The van der Waals surface area contributed by atoms with Crippen LogP contribution in [0, 0.1) is 5.92 Å². The van der Waals surface area contributed by atoms with Crippen LogP contribution in [0.15, 0.2) is 48.6 Å². The van der Waals surface area contributed by atoms with E-state index in [1.165, 1.54) is 89.9 Å². The van der Waals surface area contributed by atoms with Crippen LogP contribution >= 0.6 is 7.82 Å². The van der Waals surface area contributed by atoms with E-state index >= 15 is 0 Å². The molecule has 0 aromatic carbocycles. The Hall–Kier alpha value is -2.15. The van der Waals surface area contributed by atoms with Crippen LogP contribution in [0.2, 0.25) is 0 Å². The van der Waals surface area contributed by atoms with Crippen LogP contribution in [-0.2, 0) is 32.7 Å². The molecule has 60 heavy (non-hydrogen) atoms. The highest BCUT2D eigenvalue weighted by atomic mass is 31.2. The molecule has 0 aromatic heterocycles. The molecule has 5 atom stereocenters. The van der Waals surface area contributed by atoms with Crippen molar-refractivity contribution in [2.45, 2.75) is 206 Å². The van der Waals surface area contributed by atoms with Crippen molar-refractivity contribution in [3.05, 3.63) is 48.6 Å². The number of aliphatic hydroxyl groups is 4. The zero-order valence-corrected chi connectivity index (χ0v) is 38.4. The van der Waals surface area contributed by atoms with Gasteiger partial charge in [-0.3, -0.25) is 18.6 Å². The van der Waals surface area contributed by atoms with Gasteiger partial charge in [0.1, 0.15) is 12.7 Å². The Kier molecular flexibility index (Phi) is 39.4. The second-order valence-corrected chi connectivity index (χ2v) is 17.8. The van der Waals surface area contributed by atoms with Gasteiger partial charge in [0, 0.05) is 12.8 Å². The molecule has 0 rings (SSSR count). The summed E-state index contributed by atoms with van der Waals surface area (Å²) < 4.78 is 32.6. The third-order valence-corrected chi connectivity index (χ3v) is 10.8. The molecule has 0 radical (unpaired) electrons. The fourth-order valence-electron chi connectivity index (χ4n) is 6.20. The monoisotopic (exact) mass is 873 g/mol. The molecule has 1 unspecified atom stereocenters. The quantitative estimate of drug-likeness (QED) is 0.0129. The van der Waals surface area contributed by atoms with Gasteiger partial charge in [-0.15, -0.1) is 0 Å². The van der Waals surface area contributed by atoms with Crippen LogP contribution in [-0.4, -0.2) is 88.1 Å². The van der Waals surface area contributed by atoms with Crippen molar-refractivity contribution in [3.8, 4) is 0 Å². The number of ether oxygens (including phenoxy) is 2. The van der Waals surface area contributed by atoms with Crippen LogP contribution in [0.25, 0.3) is 0 Å². The van der Waals surface area contributed by atoms with Gasteiger partial charge in [-0.2, -0.15) is 0 Å². The number of hydrogen-bond donors (Lipinski definition) is 5. The normalized spacial score (nSPS) is 15.3. The Morgan fingerprint density at radius 2 is 1.13 bits per heavy atom. The number of carbonyl (C=O) groups excluding carboxylic acids is 2. The molecule has 0 saturated heterocycles. The van der Waals surface area contributed by atoms with E-state index in [1.54, 1.807) is 36.5 Å². The molecule has 0 heterocycles. The first-order valence-electron chi connectivity index (χ1n) is 23.2. The molecule has 0 saturated carbocycles. The molecule has 12 nitrogen and oxygen atoms in total. The number of rotatable bonds is 42. The Balaban J connectivity index is 4.49. The molecule has 350 valence electrons. The van der Waals surface area contributed by atoms with E-state index in [1.807, 2.05) is 6.08 Å². The molecular weight excluding hydrogens is 787 g/mol. The van der Waals surface area contributed by atoms with Crippen LogP contribution in [0.1, 0.15) is 181 Å². The number of allylic oxidation sites excluding steroid dienone is 5. The SMILES string of the molecule is CCCCC/C=C\C[C@H](O)/C=C/C=C/C=C\[C@H](O)CCCC(=O)O[C@H](COC(=O)CCCCCCCCCCCCCCCCCC(C)C)COP(=O)(O)OC[C@@H](O)CO. The Bertz CT molecular complexity index is 1190. The highest BCUT2D eigenvalue weighted by Crippen LogP contribution is 2.43. The lowest BCUT2D eigenvalue weighted by atomic mass is 10.0. The number of carbonyl (C=O) groups is 2. The van der Waals surface area contributed by atoms with Crippen LogP contribution in [0.4, 0.5) is 0 Å². The molecule has 0 amide bonds. The van der Waals surface area contributed by atoms with Crippen LogP contribution in [0.5, 0.6) is 0 Å². The third kappa shape index (κ3) is 41.2. The first-order valence-corrected chi connectivity index (χ1v) is 24.7. The smallest absolute Gasteiger partial charge is 0.462 e. The molecule has 0 aliphatic rings. The molecular formula is C47H85O12P. The van der Waals surface area contributed by atoms with Crippen LogP contribution in [0.3, 0.4) is 0 Å².